The summed E-state index contributed by atoms with van der Waals surface area (Å²) in [5.41, 5.74) is 6.91. The molecule has 2 rings (SSSR count). The van der Waals surface area contributed by atoms with Gasteiger partial charge < -0.3 is 5.73 Å². The molecule has 1 spiro atoms. The van der Waals surface area contributed by atoms with Crippen molar-refractivity contribution in [2.24, 2.45) is 17.1 Å². The maximum absolute atomic E-state index is 6.03. The van der Waals surface area contributed by atoms with Crippen molar-refractivity contribution in [3.8, 4) is 0 Å². The van der Waals surface area contributed by atoms with E-state index in [2.05, 4.69) is 25.7 Å². The van der Waals surface area contributed by atoms with Crippen LogP contribution in [0.4, 0.5) is 0 Å². The molecule has 17 heavy (non-hydrogen) atoms. The maximum Gasteiger partial charge on any atom is 0.0326 e. The Labute approximate surface area is 107 Å². The van der Waals surface area contributed by atoms with Crippen LogP contribution in [0.1, 0.15) is 59.3 Å². The average Bonchev–Trinajstić information content (AvgIpc) is 2.51. The van der Waals surface area contributed by atoms with E-state index in [0.717, 1.165) is 6.54 Å². The lowest BCUT2D eigenvalue weighted by Crippen LogP contribution is -2.68. The molecule has 1 heterocycles. The van der Waals surface area contributed by atoms with E-state index in [1.165, 1.54) is 51.6 Å². The maximum atomic E-state index is 6.03. The fourth-order valence-electron chi connectivity index (χ4n) is 3.65. The second-order valence-electron chi connectivity index (χ2n) is 6.99. The molecule has 1 atom stereocenters. The molecule has 0 aromatic carbocycles. The molecular weight excluding hydrogens is 208 g/mol. The third kappa shape index (κ3) is 2.39. The van der Waals surface area contributed by atoms with Crippen LogP contribution < -0.4 is 5.73 Å². The predicted octanol–water partition coefficient (Wildman–Crippen LogP) is 3.02. The average molecular weight is 238 g/mol. The molecule has 0 bridgehead atoms. The van der Waals surface area contributed by atoms with Gasteiger partial charge in [0.15, 0.2) is 0 Å². The summed E-state index contributed by atoms with van der Waals surface area (Å²) in [4.78, 5) is 2.66. The van der Waals surface area contributed by atoms with Gasteiger partial charge in [-0.05, 0) is 31.1 Å². The van der Waals surface area contributed by atoms with E-state index >= 15 is 0 Å². The first-order chi connectivity index (χ1) is 8.02. The Hall–Kier alpha value is -0.0800. The molecule has 1 saturated carbocycles. The highest BCUT2D eigenvalue weighted by Crippen LogP contribution is 2.46. The van der Waals surface area contributed by atoms with E-state index in [4.69, 9.17) is 5.73 Å². The van der Waals surface area contributed by atoms with E-state index < -0.39 is 0 Å². The first-order valence-electron chi connectivity index (χ1n) is 7.48. The molecule has 2 fully saturated rings. The highest BCUT2D eigenvalue weighted by atomic mass is 15.3. The lowest BCUT2D eigenvalue weighted by atomic mass is 9.69. The summed E-state index contributed by atoms with van der Waals surface area (Å²) < 4.78 is 0. The van der Waals surface area contributed by atoms with Gasteiger partial charge in [-0.15, -0.1) is 0 Å². The number of hydrogen-bond acceptors (Lipinski definition) is 2. The van der Waals surface area contributed by atoms with Crippen LogP contribution in [0, 0.1) is 11.3 Å². The number of nitrogens with two attached hydrogens (primary N) is 1. The summed E-state index contributed by atoms with van der Waals surface area (Å²) in [5.74, 6) is 0.649. The van der Waals surface area contributed by atoms with Gasteiger partial charge in [0.1, 0.15) is 0 Å². The van der Waals surface area contributed by atoms with E-state index in [1.54, 1.807) is 0 Å². The van der Waals surface area contributed by atoms with Gasteiger partial charge in [0, 0.05) is 25.2 Å². The summed E-state index contributed by atoms with van der Waals surface area (Å²) in [6.45, 7) is 10.4. The Morgan fingerprint density at radius 1 is 1.12 bits per heavy atom. The van der Waals surface area contributed by atoms with Crippen LogP contribution in [0.3, 0.4) is 0 Å². The van der Waals surface area contributed by atoms with Crippen LogP contribution >= 0.6 is 0 Å². The van der Waals surface area contributed by atoms with Gasteiger partial charge in [-0.1, -0.05) is 39.5 Å². The third-order valence-electron chi connectivity index (χ3n) is 5.60. The minimum atomic E-state index is 0.220. The van der Waals surface area contributed by atoms with Crippen molar-refractivity contribution in [2.75, 3.05) is 19.6 Å². The number of likely N-dealkylation sites (tertiary alicyclic amines) is 1. The number of hydrogen-bond donors (Lipinski definition) is 1. The first-order valence-corrected chi connectivity index (χ1v) is 7.48. The van der Waals surface area contributed by atoms with Gasteiger partial charge in [-0.2, -0.15) is 0 Å². The van der Waals surface area contributed by atoms with E-state index in [1.807, 2.05) is 0 Å². The zero-order valence-electron chi connectivity index (χ0n) is 12.0. The molecule has 2 nitrogen and oxygen atoms in total. The third-order valence-corrected chi connectivity index (χ3v) is 5.60. The molecule has 2 aliphatic rings. The van der Waals surface area contributed by atoms with Crippen molar-refractivity contribution in [2.45, 2.75) is 64.8 Å². The molecule has 2 heteroatoms. The lowest BCUT2D eigenvalue weighted by Gasteiger charge is -2.59. The second-order valence-corrected chi connectivity index (χ2v) is 6.99. The molecular formula is C15H30N2. The Kier molecular flexibility index (Phi) is 3.84. The summed E-state index contributed by atoms with van der Waals surface area (Å²) in [5, 5.41) is 0. The quantitative estimate of drug-likeness (QED) is 0.819. The molecule has 1 unspecified atom stereocenters. The van der Waals surface area contributed by atoms with Crippen molar-refractivity contribution < 1.29 is 0 Å². The summed E-state index contributed by atoms with van der Waals surface area (Å²) in [6.07, 6.45) is 8.74. The summed E-state index contributed by atoms with van der Waals surface area (Å²) in [6, 6.07) is 0. The predicted molar refractivity (Wildman–Crippen MR) is 74.0 cm³/mol. The van der Waals surface area contributed by atoms with Gasteiger partial charge in [0.05, 0.1) is 0 Å². The van der Waals surface area contributed by atoms with E-state index in [9.17, 15) is 0 Å². The van der Waals surface area contributed by atoms with Gasteiger partial charge in [-0.3, -0.25) is 4.90 Å². The van der Waals surface area contributed by atoms with Crippen molar-refractivity contribution in [1.29, 1.82) is 0 Å². The molecule has 1 aliphatic heterocycles. The zero-order chi connectivity index (χ0) is 12.5. The van der Waals surface area contributed by atoms with Crippen molar-refractivity contribution in [1.82, 2.24) is 4.90 Å². The van der Waals surface area contributed by atoms with Crippen LogP contribution in [-0.4, -0.2) is 30.1 Å². The van der Waals surface area contributed by atoms with E-state index in [-0.39, 0.29) is 5.54 Å². The largest absolute Gasteiger partial charge is 0.329 e. The zero-order valence-corrected chi connectivity index (χ0v) is 12.0. The monoisotopic (exact) mass is 238 g/mol. The van der Waals surface area contributed by atoms with Crippen LogP contribution in [-0.2, 0) is 0 Å². The molecule has 100 valence electrons. The Morgan fingerprint density at radius 3 is 2.06 bits per heavy atom. The molecule has 1 aliphatic carbocycles. The fraction of sp³-hybridized carbons (Fsp3) is 1.00. The van der Waals surface area contributed by atoms with Crippen molar-refractivity contribution >= 4 is 0 Å². The summed E-state index contributed by atoms with van der Waals surface area (Å²) >= 11 is 0. The Balaban J connectivity index is 1.96. The number of nitrogens with zero attached hydrogens (tertiary/aromatic N) is 1. The summed E-state index contributed by atoms with van der Waals surface area (Å²) in [7, 11) is 0. The fourth-order valence-corrected chi connectivity index (χ4v) is 3.65. The van der Waals surface area contributed by atoms with Gasteiger partial charge in [0.2, 0.25) is 0 Å². The van der Waals surface area contributed by atoms with E-state index in [0.29, 0.717) is 11.3 Å². The van der Waals surface area contributed by atoms with Gasteiger partial charge >= 0.3 is 0 Å². The molecule has 0 amide bonds. The molecule has 0 radical (unpaired) electrons. The van der Waals surface area contributed by atoms with Crippen LogP contribution in [0.2, 0.25) is 0 Å². The normalized spacial score (nSPS) is 28.8. The van der Waals surface area contributed by atoms with Crippen LogP contribution in [0.25, 0.3) is 0 Å². The highest BCUT2D eigenvalue weighted by molar-refractivity contribution is 5.04. The lowest BCUT2D eigenvalue weighted by molar-refractivity contribution is -0.0934. The second kappa shape index (κ2) is 4.89. The minimum absolute atomic E-state index is 0.220. The molecule has 0 aromatic rings. The topological polar surface area (TPSA) is 29.3 Å². The molecule has 0 aromatic heterocycles. The Morgan fingerprint density at radius 2 is 1.65 bits per heavy atom. The van der Waals surface area contributed by atoms with Crippen molar-refractivity contribution in [3.63, 3.8) is 0 Å². The van der Waals surface area contributed by atoms with Gasteiger partial charge in [-0.25, -0.2) is 0 Å². The smallest absolute Gasteiger partial charge is 0.0326 e. The molecule has 2 N–H and O–H groups in total. The highest BCUT2D eigenvalue weighted by Gasteiger charge is 2.49. The molecule has 1 saturated heterocycles. The van der Waals surface area contributed by atoms with Crippen molar-refractivity contribution in [3.05, 3.63) is 0 Å². The Bertz CT molecular complexity index is 246. The standard InChI is InChI=1S/C15H30N2/c1-13(2)14(3,10-16)17-11-15(12-17)8-6-4-5-7-9-15/h13H,4-12,16H2,1-3H3. The van der Waals surface area contributed by atoms with Crippen LogP contribution in [0.5, 0.6) is 0 Å². The first kappa shape index (κ1) is 13.4. The van der Waals surface area contributed by atoms with Crippen LogP contribution in [0.15, 0.2) is 0 Å². The minimum Gasteiger partial charge on any atom is -0.329 e. The van der Waals surface area contributed by atoms with Gasteiger partial charge in [0.25, 0.3) is 0 Å². The number of rotatable bonds is 3. The SMILES string of the molecule is CC(C)C(C)(CN)N1CC2(CCCCCC2)C1.